The molecule has 0 aliphatic carbocycles. The first-order chi connectivity index (χ1) is 12.7. The van der Waals surface area contributed by atoms with Crippen LogP contribution in [0.2, 0.25) is 15.2 Å². The first kappa shape index (κ1) is 20.8. The summed E-state index contributed by atoms with van der Waals surface area (Å²) in [5.41, 5.74) is 5.99. The predicted octanol–water partition coefficient (Wildman–Crippen LogP) is 2.78. The number of halogens is 3. The zero-order valence-electron chi connectivity index (χ0n) is 13.8. The van der Waals surface area contributed by atoms with Crippen molar-refractivity contribution in [3.8, 4) is 0 Å². The summed E-state index contributed by atoms with van der Waals surface area (Å²) in [6.45, 7) is -0.603. The SMILES string of the molecule is CNC(=O)c1ccc(NC(=O)COC(=O)c2nc(Cl)c(Cl)c(N)c2Cl)cc1. The summed E-state index contributed by atoms with van der Waals surface area (Å²) in [7, 11) is 1.51. The molecule has 0 fully saturated rings. The molecule has 1 aromatic heterocycles. The maximum absolute atomic E-state index is 12.0. The maximum Gasteiger partial charge on any atom is 0.359 e. The Morgan fingerprint density at radius 1 is 1.11 bits per heavy atom. The molecule has 27 heavy (non-hydrogen) atoms. The average molecular weight is 432 g/mol. The van der Waals surface area contributed by atoms with Crippen molar-refractivity contribution in [3.63, 3.8) is 0 Å². The van der Waals surface area contributed by atoms with Gasteiger partial charge in [-0.15, -0.1) is 0 Å². The first-order valence-electron chi connectivity index (χ1n) is 7.33. The number of esters is 1. The third kappa shape index (κ3) is 5.00. The Morgan fingerprint density at radius 3 is 2.33 bits per heavy atom. The minimum Gasteiger partial charge on any atom is -0.451 e. The fourth-order valence-electron chi connectivity index (χ4n) is 1.91. The minimum atomic E-state index is -0.990. The van der Waals surface area contributed by atoms with Crippen LogP contribution in [0.15, 0.2) is 24.3 Å². The van der Waals surface area contributed by atoms with Crippen molar-refractivity contribution in [2.75, 3.05) is 24.7 Å². The molecule has 0 radical (unpaired) electrons. The van der Waals surface area contributed by atoms with Gasteiger partial charge in [0.2, 0.25) is 0 Å². The summed E-state index contributed by atoms with van der Waals surface area (Å²) < 4.78 is 4.85. The lowest BCUT2D eigenvalue weighted by molar-refractivity contribution is -0.119. The Labute approximate surface area is 168 Å². The number of rotatable bonds is 5. The molecule has 0 aliphatic rings. The molecule has 1 heterocycles. The number of carbonyl (C=O) groups is 3. The van der Waals surface area contributed by atoms with Crippen LogP contribution in [0.3, 0.4) is 0 Å². The van der Waals surface area contributed by atoms with Gasteiger partial charge in [-0.25, -0.2) is 9.78 Å². The van der Waals surface area contributed by atoms with Crippen LogP contribution < -0.4 is 16.4 Å². The van der Waals surface area contributed by atoms with Crippen LogP contribution in [-0.2, 0) is 9.53 Å². The number of hydrogen-bond donors (Lipinski definition) is 3. The number of benzene rings is 1. The fraction of sp³-hybridized carbons (Fsp3) is 0.125. The quantitative estimate of drug-likeness (QED) is 0.494. The van der Waals surface area contributed by atoms with E-state index in [0.29, 0.717) is 11.3 Å². The van der Waals surface area contributed by atoms with Gasteiger partial charge in [-0.1, -0.05) is 34.8 Å². The normalized spacial score (nSPS) is 10.2. The lowest BCUT2D eigenvalue weighted by Gasteiger charge is -2.10. The second-order valence-electron chi connectivity index (χ2n) is 5.07. The van der Waals surface area contributed by atoms with Crippen molar-refractivity contribution in [3.05, 3.63) is 50.7 Å². The number of nitrogen functional groups attached to an aromatic ring is 1. The highest BCUT2D eigenvalue weighted by Gasteiger charge is 2.21. The highest BCUT2D eigenvalue weighted by molar-refractivity contribution is 6.46. The van der Waals surface area contributed by atoms with Crippen LogP contribution >= 0.6 is 34.8 Å². The summed E-state index contributed by atoms with van der Waals surface area (Å²) in [6.07, 6.45) is 0. The Hall–Kier alpha value is -2.55. The van der Waals surface area contributed by atoms with Gasteiger partial charge < -0.3 is 21.1 Å². The van der Waals surface area contributed by atoms with Gasteiger partial charge in [-0.05, 0) is 24.3 Å². The lowest BCUT2D eigenvalue weighted by atomic mass is 10.2. The molecule has 0 unspecified atom stereocenters. The summed E-state index contributed by atoms with van der Waals surface area (Å²) in [5.74, 6) is -1.86. The van der Waals surface area contributed by atoms with Crippen LogP contribution in [0.25, 0.3) is 0 Å². The van der Waals surface area contributed by atoms with Gasteiger partial charge in [0.05, 0.1) is 10.7 Å². The Kier molecular flexibility index (Phi) is 6.84. The smallest absolute Gasteiger partial charge is 0.359 e. The van der Waals surface area contributed by atoms with Gasteiger partial charge >= 0.3 is 5.97 Å². The molecule has 0 aliphatic heterocycles. The van der Waals surface area contributed by atoms with Crippen molar-refractivity contribution in [1.29, 1.82) is 0 Å². The largest absolute Gasteiger partial charge is 0.451 e. The molecule has 0 bridgehead atoms. The predicted molar refractivity (Wildman–Crippen MR) is 102 cm³/mol. The number of hydrogen-bond acceptors (Lipinski definition) is 6. The summed E-state index contributed by atoms with van der Waals surface area (Å²) in [5, 5.41) is 4.46. The second kappa shape index (κ2) is 8.90. The number of anilines is 2. The molecular formula is C16H13Cl3N4O4. The van der Waals surface area contributed by atoms with Crippen LogP contribution in [0, 0.1) is 0 Å². The van der Waals surface area contributed by atoms with Crippen LogP contribution in [0.5, 0.6) is 0 Å². The molecule has 1 aromatic carbocycles. The zero-order valence-corrected chi connectivity index (χ0v) is 16.1. The van der Waals surface area contributed by atoms with E-state index in [2.05, 4.69) is 15.6 Å². The lowest BCUT2D eigenvalue weighted by Crippen LogP contribution is -2.22. The molecule has 4 N–H and O–H groups in total. The van der Waals surface area contributed by atoms with E-state index in [1.807, 2.05) is 0 Å². The summed E-state index contributed by atoms with van der Waals surface area (Å²) in [6, 6.07) is 6.12. The molecule has 8 nitrogen and oxygen atoms in total. The van der Waals surface area contributed by atoms with Gasteiger partial charge in [0.1, 0.15) is 5.02 Å². The van der Waals surface area contributed by atoms with E-state index in [0.717, 1.165) is 0 Å². The van der Waals surface area contributed by atoms with Gasteiger partial charge in [0.15, 0.2) is 17.5 Å². The van der Waals surface area contributed by atoms with Crippen LogP contribution in [-0.4, -0.2) is 36.4 Å². The number of pyridine rings is 1. The highest BCUT2D eigenvalue weighted by Crippen LogP contribution is 2.34. The number of amides is 2. The fourth-order valence-corrected chi connectivity index (χ4v) is 2.50. The van der Waals surface area contributed by atoms with E-state index >= 15 is 0 Å². The Morgan fingerprint density at radius 2 is 1.74 bits per heavy atom. The molecule has 0 atom stereocenters. The van der Waals surface area contributed by atoms with E-state index in [-0.39, 0.29) is 32.5 Å². The topological polar surface area (TPSA) is 123 Å². The van der Waals surface area contributed by atoms with Crippen molar-refractivity contribution >= 4 is 64.0 Å². The molecule has 2 aromatic rings. The molecule has 0 spiro atoms. The van der Waals surface area contributed by atoms with Gasteiger partial charge in [0, 0.05) is 18.3 Å². The van der Waals surface area contributed by atoms with Gasteiger partial charge in [0.25, 0.3) is 11.8 Å². The molecular weight excluding hydrogens is 419 g/mol. The average Bonchev–Trinajstić information content (AvgIpc) is 2.67. The van der Waals surface area contributed by atoms with Crippen molar-refractivity contribution in [2.24, 2.45) is 0 Å². The van der Waals surface area contributed by atoms with E-state index in [1.165, 1.54) is 31.3 Å². The number of ether oxygens (including phenoxy) is 1. The van der Waals surface area contributed by atoms with E-state index in [1.54, 1.807) is 0 Å². The number of aromatic nitrogens is 1. The van der Waals surface area contributed by atoms with Gasteiger partial charge in [-0.3, -0.25) is 9.59 Å². The Balaban J connectivity index is 1.98. The number of nitrogens with one attached hydrogen (secondary N) is 2. The van der Waals surface area contributed by atoms with Crippen molar-refractivity contribution < 1.29 is 19.1 Å². The molecule has 11 heteroatoms. The first-order valence-corrected chi connectivity index (χ1v) is 8.47. The standard InChI is InChI=1S/C16H13Cl3N4O4/c1-21-15(25)7-2-4-8(5-3-7)22-9(24)6-27-16(26)13-10(17)12(20)11(18)14(19)23-13/h2-5H,6H2,1H3,(H2,20,23)(H,21,25)(H,22,24). The monoisotopic (exact) mass is 430 g/mol. The number of nitrogens with two attached hydrogens (primary N) is 1. The Bertz CT molecular complexity index is 904. The van der Waals surface area contributed by atoms with E-state index < -0.39 is 18.5 Å². The van der Waals surface area contributed by atoms with E-state index in [9.17, 15) is 14.4 Å². The third-order valence-electron chi connectivity index (χ3n) is 3.26. The molecule has 142 valence electrons. The zero-order chi connectivity index (χ0) is 20.1. The van der Waals surface area contributed by atoms with Crippen molar-refractivity contribution in [1.82, 2.24) is 10.3 Å². The second-order valence-corrected chi connectivity index (χ2v) is 6.19. The number of nitrogens with zero attached hydrogens (tertiary/aromatic N) is 1. The maximum atomic E-state index is 12.0. The molecule has 0 saturated heterocycles. The third-order valence-corrected chi connectivity index (χ3v) is 4.39. The summed E-state index contributed by atoms with van der Waals surface area (Å²) >= 11 is 17.4. The van der Waals surface area contributed by atoms with Crippen molar-refractivity contribution in [2.45, 2.75) is 0 Å². The summed E-state index contributed by atoms with van der Waals surface area (Å²) in [4.78, 5) is 39.1. The molecule has 2 rings (SSSR count). The highest BCUT2D eigenvalue weighted by atomic mass is 35.5. The molecule has 0 saturated carbocycles. The van der Waals surface area contributed by atoms with Gasteiger partial charge in [-0.2, -0.15) is 0 Å². The molecule has 2 amide bonds. The van der Waals surface area contributed by atoms with E-state index in [4.69, 9.17) is 45.3 Å². The van der Waals surface area contributed by atoms with Crippen LogP contribution in [0.4, 0.5) is 11.4 Å². The van der Waals surface area contributed by atoms with Crippen LogP contribution in [0.1, 0.15) is 20.8 Å². The minimum absolute atomic E-state index is 0.0869. The number of carbonyl (C=O) groups excluding carboxylic acids is 3.